The lowest BCUT2D eigenvalue weighted by Crippen LogP contribution is -2.44. The lowest BCUT2D eigenvalue weighted by Gasteiger charge is -2.38. The van der Waals surface area contributed by atoms with E-state index in [0.717, 1.165) is 29.8 Å². The maximum absolute atomic E-state index is 13.0. The highest BCUT2D eigenvalue weighted by molar-refractivity contribution is 5.86. The Bertz CT molecular complexity index is 973. The largest absolute Gasteiger partial charge is 0.484 e. The number of carbonyl (C=O) groups is 1. The van der Waals surface area contributed by atoms with E-state index in [0.29, 0.717) is 5.92 Å². The molecule has 0 aliphatic carbocycles. The molecule has 1 aliphatic rings. The van der Waals surface area contributed by atoms with Gasteiger partial charge in [0.25, 0.3) is 5.91 Å². The van der Waals surface area contributed by atoms with Gasteiger partial charge in [0.1, 0.15) is 5.75 Å². The number of aryl methyl sites for hydroxylation is 1. The Morgan fingerprint density at radius 2 is 2.04 bits per heavy atom. The summed E-state index contributed by atoms with van der Waals surface area (Å²) in [6, 6.07) is 16.3. The lowest BCUT2D eigenvalue weighted by atomic mass is 9.90. The molecule has 3 aromatic rings. The molecule has 1 N–H and O–H groups in total. The van der Waals surface area contributed by atoms with Gasteiger partial charge in [-0.1, -0.05) is 44.2 Å². The molecule has 0 fully saturated rings. The van der Waals surface area contributed by atoms with E-state index in [-0.39, 0.29) is 18.6 Å². The molecule has 0 spiro atoms. The predicted octanol–water partition coefficient (Wildman–Crippen LogP) is 4.64. The number of aromatic nitrogens is 1. The van der Waals surface area contributed by atoms with Crippen LogP contribution in [-0.2, 0) is 11.2 Å². The Hall–Kier alpha value is -2.75. The number of amides is 1. The van der Waals surface area contributed by atoms with E-state index in [2.05, 4.69) is 37.0 Å². The topological polar surface area (TPSA) is 45.3 Å². The fourth-order valence-electron chi connectivity index (χ4n) is 4.18. The van der Waals surface area contributed by atoms with Gasteiger partial charge in [0.2, 0.25) is 0 Å². The van der Waals surface area contributed by atoms with Crippen LogP contribution in [-0.4, -0.2) is 28.9 Å². The van der Waals surface area contributed by atoms with Crippen LogP contribution >= 0.6 is 0 Å². The van der Waals surface area contributed by atoms with Crippen LogP contribution in [0.1, 0.15) is 36.7 Å². The van der Waals surface area contributed by atoms with E-state index in [1.54, 1.807) is 0 Å². The van der Waals surface area contributed by atoms with Crippen molar-refractivity contribution in [3.63, 3.8) is 0 Å². The number of nitrogens with zero attached hydrogens (tertiary/aromatic N) is 1. The maximum Gasteiger partial charge on any atom is 0.261 e. The van der Waals surface area contributed by atoms with Crippen molar-refractivity contribution < 1.29 is 9.53 Å². The number of rotatable bonds is 4. The predicted molar refractivity (Wildman–Crippen MR) is 108 cm³/mol. The van der Waals surface area contributed by atoms with Gasteiger partial charge in [0, 0.05) is 23.1 Å². The molecule has 0 radical (unpaired) electrons. The fraction of sp³-hybridized carbons (Fsp3) is 0.348. The van der Waals surface area contributed by atoms with E-state index in [4.69, 9.17) is 4.74 Å². The smallest absolute Gasteiger partial charge is 0.261 e. The fourth-order valence-corrected chi connectivity index (χ4v) is 4.18. The molecular weight excluding hydrogens is 336 g/mol. The highest BCUT2D eigenvalue weighted by Gasteiger charge is 2.35. The molecule has 0 bridgehead atoms. The Morgan fingerprint density at radius 1 is 1.22 bits per heavy atom. The number of benzene rings is 2. The summed E-state index contributed by atoms with van der Waals surface area (Å²) in [5.74, 6) is 1.10. The van der Waals surface area contributed by atoms with E-state index in [9.17, 15) is 4.79 Å². The first-order valence-corrected chi connectivity index (χ1v) is 9.63. The summed E-state index contributed by atoms with van der Waals surface area (Å²) in [6.45, 7) is 7.17. The standard InChI is InChI=1S/C23H26N2O2/c1-15(2)23-22-19(18-9-4-5-10-20(18)24-22)11-12-25(23)21(26)14-27-17-8-6-7-16(3)13-17/h4-10,13,15,23-24H,11-12,14H2,1-3H3/t23-/m0/s1. The van der Waals surface area contributed by atoms with Crippen LogP contribution in [0.5, 0.6) is 5.75 Å². The van der Waals surface area contributed by atoms with E-state index in [1.807, 2.05) is 42.2 Å². The minimum absolute atomic E-state index is 0.0412. The molecule has 0 saturated carbocycles. The van der Waals surface area contributed by atoms with Gasteiger partial charge in [0.15, 0.2) is 6.61 Å². The highest BCUT2D eigenvalue weighted by atomic mass is 16.5. The van der Waals surface area contributed by atoms with E-state index >= 15 is 0 Å². The third kappa shape index (κ3) is 3.32. The average Bonchev–Trinajstić information content (AvgIpc) is 3.03. The first-order chi connectivity index (χ1) is 13.0. The lowest BCUT2D eigenvalue weighted by molar-refractivity contribution is -0.137. The average molecular weight is 362 g/mol. The molecule has 1 aromatic heterocycles. The molecule has 2 aromatic carbocycles. The van der Waals surface area contributed by atoms with Crippen LogP contribution in [0.2, 0.25) is 0 Å². The second-order valence-electron chi connectivity index (χ2n) is 7.69. The normalized spacial score (nSPS) is 16.6. The SMILES string of the molecule is Cc1cccc(OCC(=O)N2CCc3c([nH]c4ccccc34)[C@@H]2C(C)C)c1. The molecule has 0 unspecified atom stereocenters. The second kappa shape index (κ2) is 7.10. The van der Waals surface area contributed by atoms with Gasteiger partial charge in [-0.2, -0.15) is 0 Å². The number of carbonyl (C=O) groups excluding carboxylic acids is 1. The van der Waals surface area contributed by atoms with Crippen LogP contribution in [0, 0.1) is 12.8 Å². The third-order valence-corrected chi connectivity index (χ3v) is 5.38. The number of fused-ring (bicyclic) bond motifs is 3. The number of H-pyrrole nitrogens is 1. The molecule has 4 rings (SSSR count). The van der Waals surface area contributed by atoms with Crippen LogP contribution in [0.3, 0.4) is 0 Å². The van der Waals surface area contributed by atoms with E-state index in [1.165, 1.54) is 16.6 Å². The monoisotopic (exact) mass is 362 g/mol. The summed E-state index contributed by atoms with van der Waals surface area (Å²) in [5.41, 5.74) is 4.81. The van der Waals surface area contributed by atoms with Gasteiger partial charge in [0.05, 0.1) is 6.04 Å². The number of nitrogens with one attached hydrogen (secondary N) is 1. The summed E-state index contributed by atoms with van der Waals surface area (Å²) in [4.78, 5) is 18.5. The summed E-state index contributed by atoms with van der Waals surface area (Å²) < 4.78 is 5.78. The van der Waals surface area contributed by atoms with Crippen molar-refractivity contribution in [2.24, 2.45) is 5.92 Å². The molecule has 1 atom stereocenters. The van der Waals surface area contributed by atoms with Crippen LogP contribution < -0.4 is 4.74 Å². The summed E-state index contributed by atoms with van der Waals surface area (Å²) in [6.07, 6.45) is 0.874. The summed E-state index contributed by atoms with van der Waals surface area (Å²) >= 11 is 0. The van der Waals surface area contributed by atoms with Gasteiger partial charge in [-0.3, -0.25) is 4.79 Å². The number of aromatic amines is 1. The molecule has 27 heavy (non-hydrogen) atoms. The summed E-state index contributed by atoms with van der Waals surface area (Å²) in [7, 11) is 0. The second-order valence-corrected chi connectivity index (χ2v) is 7.69. The van der Waals surface area contributed by atoms with Gasteiger partial charge >= 0.3 is 0 Å². The Labute approximate surface area is 160 Å². The minimum atomic E-state index is 0.0412. The van der Waals surface area contributed by atoms with Gasteiger partial charge in [-0.05, 0) is 48.6 Å². The van der Waals surface area contributed by atoms with E-state index < -0.39 is 0 Å². The third-order valence-electron chi connectivity index (χ3n) is 5.38. The first kappa shape index (κ1) is 17.7. The van der Waals surface area contributed by atoms with Crippen LogP contribution in [0.25, 0.3) is 10.9 Å². The van der Waals surface area contributed by atoms with Crippen molar-refractivity contribution >= 4 is 16.8 Å². The van der Waals surface area contributed by atoms with Gasteiger partial charge in [-0.25, -0.2) is 0 Å². The van der Waals surface area contributed by atoms with Gasteiger partial charge in [-0.15, -0.1) is 0 Å². The molecular formula is C23H26N2O2. The first-order valence-electron chi connectivity index (χ1n) is 9.63. The molecule has 1 amide bonds. The van der Waals surface area contributed by atoms with Crippen molar-refractivity contribution in [1.29, 1.82) is 0 Å². The van der Waals surface area contributed by atoms with Crippen molar-refractivity contribution in [3.8, 4) is 5.75 Å². The van der Waals surface area contributed by atoms with Crippen LogP contribution in [0.15, 0.2) is 48.5 Å². The number of hydrogen-bond acceptors (Lipinski definition) is 2. The molecule has 4 nitrogen and oxygen atoms in total. The Morgan fingerprint density at radius 3 is 2.81 bits per heavy atom. The number of para-hydroxylation sites is 1. The zero-order chi connectivity index (χ0) is 19.0. The maximum atomic E-state index is 13.0. The molecule has 4 heteroatoms. The Balaban J connectivity index is 1.58. The summed E-state index contributed by atoms with van der Waals surface area (Å²) in [5, 5.41) is 1.28. The Kier molecular flexibility index (Phi) is 4.65. The molecule has 2 heterocycles. The van der Waals surface area contributed by atoms with Crippen molar-refractivity contribution in [1.82, 2.24) is 9.88 Å². The quantitative estimate of drug-likeness (QED) is 0.735. The van der Waals surface area contributed by atoms with Gasteiger partial charge < -0.3 is 14.6 Å². The van der Waals surface area contributed by atoms with Crippen molar-refractivity contribution in [3.05, 3.63) is 65.4 Å². The minimum Gasteiger partial charge on any atom is -0.484 e. The van der Waals surface area contributed by atoms with Crippen molar-refractivity contribution in [2.45, 2.75) is 33.2 Å². The van der Waals surface area contributed by atoms with Crippen molar-refractivity contribution in [2.75, 3.05) is 13.2 Å². The molecule has 140 valence electrons. The molecule has 0 saturated heterocycles. The zero-order valence-corrected chi connectivity index (χ0v) is 16.2. The molecule has 1 aliphatic heterocycles. The van der Waals surface area contributed by atoms with Crippen LogP contribution in [0.4, 0.5) is 0 Å². The zero-order valence-electron chi connectivity index (χ0n) is 16.2. The number of ether oxygens (including phenoxy) is 1. The number of hydrogen-bond donors (Lipinski definition) is 1. The highest BCUT2D eigenvalue weighted by Crippen LogP contribution is 2.38.